The quantitative estimate of drug-likeness (QED) is 0.798. The van der Waals surface area contributed by atoms with Gasteiger partial charge in [0.05, 0.1) is 0 Å². The Bertz CT molecular complexity index is 714. The smallest absolute Gasteiger partial charge is 0.340 e. The van der Waals surface area contributed by atoms with Crippen LogP contribution in [-0.2, 0) is 10.1 Å². The van der Waals surface area contributed by atoms with Gasteiger partial charge in [0.2, 0.25) is 0 Å². The van der Waals surface area contributed by atoms with Crippen LogP contribution < -0.4 is 4.18 Å². The molecular formula is C13H10BrFO3S. The van der Waals surface area contributed by atoms with Crippen LogP contribution in [-0.4, -0.2) is 8.42 Å². The highest BCUT2D eigenvalue weighted by Gasteiger charge is 2.20. The topological polar surface area (TPSA) is 43.4 Å². The first kappa shape index (κ1) is 14.0. The van der Waals surface area contributed by atoms with Crippen LogP contribution in [0.5, 0.6) is 5.75 Å². The second kappa shape index (κ2) is 5.30. The van der Waals surface area contributed by atoms with Crippen LogP contribution in [0.3, 0.4) is 0 Å². The molecule has 2 aromatic rings. The van der Waals surface area contributed by atoms with E-state index in [2.05, 4.69) is 15.9 Å². The first-order valence-corrected chi connectivity index (χ1v) is 7.55. The van der Waals surface area contributed by atoms with E-state index in [0.29, 0.717) is 4.47 Å². The van der Waals surface area contributed by atoms with E-state index >= 15 is 0 Å². The lowest BCUT2D eigenvalue weighted by atomic mass is 10.2. The van der Waals surface area contributed by atoms with Gasteiger partial charge in [0.1, 0.15) is 16.5 Å². The maximum atomic E-state index is 13.0. The molecule has 0 radical (unpaired) electrons. The summed E-state index contributed by atoms with van der Waals surface area (Å²) in [7, 11) is -3.99. The Balaban J connectivity index is 2.38. The van der Waals surface area contributed by atoms with Gasteiger partial charge in [-0.05, 0) is 52.7 Å². The number of hydrogen-bond donors (Lipinski definition) is 0. The van der Waals surface area contributed by atoms with E-state index in [1.807, 2.05) is 6.92 Å². The van der Waals surface area contributed by atoms with Crippen molar-refractivity contribution >= 4 is 26.0 Å². The fourth-order valence-electron chi connectivity index (χ4n) is 1.50. The maximum Gasteiger partial charge on any atom is 0.340 e. The van der Waals surface area contributed by atoms with Crippen molar-refractivity contribution in [2.45, 2.75) is 11.8 Å². The number of hydrogen-bond acceptors (Lipinski definition) is 3. The van der Waals surface area contributed by atoms with Gasteiger partial charge in [-0.1, -0.05) is 12.1 Å². The highest BCUT2D eigenvalue weighted by atomic mass is 79.9. The molecule has 0 amide bonds. The lowest BCUT2D eigenvalue weighted by Gasteiger charge is -2.09. The first-order valence-electron chi connectivity index (χ1n) is 5.35. The Morgan fingerprint density at radius 1 is 1.16 bits per heavy atom. The third kappa shape index (κ3) is 3.33. The molecule has 100 valence electrons. The standard InChI is InChI=1S/C13H10BrFO3S/c1-9-5-6-13(12(14)7-9)19(16,17)18-11-4-2-3-10(15)8-11/h2-8H,1H3. The molecule has 0 aliphatic rings. The molecule has 0 aliphatic carbocycles. The van der Waals surface area contributed by atoms with Gasteiger partial charge >= 0.3 is 10.1 Å². The van der Waals surface area contributed by atoms with E-state index in [1.54, 1.807) is 12.1 Å². The SMILES string of the molecule is Cc1ccc(S(=O)(=O)Oc2cccc(F)c2)c(Br)c1. The molecule has 0 saturated heterocycles. The molecule has 0 atom stereocenters. The highest BCUT2D eigenvalue weighted by Crippen LogP contribution is 2.26. The fraction of sp³-hybridized carbons (Fsp3) is 0.0769. The van der Waals surface area contributed by atoms with Crippen LogP contribution in [0.2, 0.25) is 0 Å². The van der Waals surface area contributed by atoms with Crippen molar-refractivity contribution in [1.29, 1.82) is 0 Å². The molecule has 19 heavy (non-hydrogen) atoms. The summed E-state index contributed by atoms with van der Waals surface area (Å²) in [5.74, 6) is -0.622. The Morgan fingerprint density at radius 3 is 2.53 bits per heavy atom. The van der Waals surface area contributed by atoms with Crippen molar-refractivity contribution in [1.82, 2.24) is 0 Å². The van der Waals surface area contributed by atoms with Crippen molar-refractivity contribution in [2.75, 3.05) is 0 Å². The molecule has 0 unspecified atom stereocenters. The largest absolute Gasteiger partial charge is 0.379 e. The lowest BCUT2D eigenvalue weighted by molar-refractivity contribution is 0.482. The van der Waals surface area contributed by atoms with Gasteiger partial charge in [0.15, 0.2) is 0 Å². The zero-order valence-electron chi connectivity index (χ0n) is 9.93. The number of halogens is 2. The summed E-state index contributed by atoms with van der Waals surface area (Å²) in [6, 6.07) is 9.75. The minimum Gasteiger partial charge on any atom is -0.379 e. The third-order valence-corrected chi connectivity index (χ3v) is 4.58. The molecule has 0 aromatic heterocycles. The van der Waals surface area contributed by atoms with Gasteiger partial charge < -0.3 is 4.18 Å². The molecule has 0 saturated carbocycles. The Hall–Kier alpha value is -1.40. The van der Waals surface area contributed by atoms with Crippen LogP contribution in [0.1, 0.15) is 5.56 Å². The summed E-state index contributed by atoms with van der Waals surface area (Å²) in [5.41, 5.74) is 0.914. The summed E-state index contributed by atoms with van der Waals surface area (Å²) < 4.78 is 42.4. The highest BCUT2D eigenvalue weighted by molar-refractivity contribution is 9.10. The number of rotatable bonds is 3. The molecule has 0 aliphatic heterocycles. The minimum atomic E-state index is -3.99. The van der Waals surface area contributed by atoms with Gasteiger partial charge in [-0.25, -0.2) is 4.39 Å². The van der Waals surface area contributed by atoms with Crippen molar-refractivity contribution in [3.63, 3.8) is 0 Å². The second-order valence-electron chi connectivity index (χ2n) is 3.93. The van der Waals surface area contributed by atoms with Crippen LogP contribution >= 0.6 is 15.9 Å². The lowest BCUT2D eigenvalue weighted by Crippen LogP contribution is -2.10. The van der Waals surface area contributed by atoms with Crippen LogP contribution in [0.25, 0.3) is 0 Å². The van der Waals surface area contributed by atoms with E-state index in [1.165, 1.54) is 24.3 Å². The molecule has 2 rings (SSSR count). The predicted octanol–water partition coefficient (Wildman–Crippen LogP) is 3.66. The zero-order chi connectivity index (χ0) is 14.0. The van der Waals surface area contributed by atoms with E-state index in [0.717, 1.165) is 11.6 Å². The number of benzene rings is 2. The van der Waals surface area contributed by atoms with Crippen molar-refractivity contribution in [2.24, 2.45) is 0 Å². The van der Waals surface area contributed by atoms with Crippen LogP contribution in [0.15, 0.2) is 51.8 Å². The summed E-state index contributed by atoms with van der Waals surface area (Å²) in [5, 5.41) is 0. The van der Waals surface area contributed by atoms with Crippen LogP contribution in [0.4, 0.5) is 4.39 Å². The van der Waals surface area contributed by atoms with Crippen molar-refractivity contribution < 1.29 is 17.0 Å². The van der Waals surface area contributed by atoms with Gasteiger partial charge in [-0.2, -0.15) is 8.42 Å². The molecule has 0 spiro atoms. The van der Waals surface area contributed by atoms with E-state index < -0.39 is 15.9 Å². The average molecular weight is 345 g/mol. The van der Waals surface area contributed by atoms with Gasteiger partial charge in [0.25, 0.3) is 0 Å². The summed E-state index contributed by atoms with van der Waals surface area (Å²) in [4.78, 5) is 0.00219. The van der Waals surface area contributed by atoms with E-state index in [9.17, 15) is 12.8 Å². The van der Waals surface area contributed by atoms with Gasteiger partial charge in [0, 0.05) is 10.5 Å². The molecular weight excluding hydrogens is 335 g/mol. The number of aryl methyl sites for hydroxylation is 1. The van der Waals surface area contributed by atoms with Crippen LogP contribution in [0, 0.1) is 12.7 Å². The molecule has 3 nitrogen and oxygen atoms in total. The van der Waals surface area contributed by atoms with Gasteiger partial charge in [-0.3, -0.25) is 0 Å². The minimum absolute atomic E-state index is 0.00219. The summed E-state index contributed by atoms with van der Waals surface area (Å²) in [6.07, 6.45) is 0. The second-order valence-corrected chi connectivity index (χ2v) is 6.30. The molecule has 6 heteroatoms. The third-order valence-electron chi connectivity index (χ3n) is 2.36. The van der Waals surface area contributed by atoms with E-state index in [4.69, 9.17) is 4.18 Å². The summed E-state index contributed by atoms with van der Waals surface area (Å²) in [6.45, 7) is 1.84. The molecule has 0 bridgehead atoms. The molecule has 0 fully saturated rings. The first-order chi connectivity index (χ1) is 8.88. The maximum absolute atomic E-state index is 13.0. The monoisotopic (exact) mass is 344 g/mol. The average Bonchev–Trinajstić information content (AvgIpc) is 2.27. The summed E-state index contributed by atoms with van der Waals surface area (Å²) >= 11 is 3.18. The molecule has 0 heterocycles. The Kier molecular flexibility index (Phi) is 3.91. The normalized spacial score (nSPS) is 11.3. The van der Waals surface area contributed by atoms with Crippen molar-refractivity contribution in [3.05, 3.63) is 58.3 Å². The predicted molar refractivity (Wildman–Crippen MR) is 73.1 cm³/mol. The fourth-order valence-corrected chi connectivity index (χ4v) is 3.57. The van der Waals surface area contributed by atoms with Crippen molar-refractivity contribution in [3.8, 4) is 5.75 Å². The van der Waals surface area contributed by atoms with Gasteiger partial charge in [-0.15, -0.1) is 0 Å². The van der Waals surface area contributed by atoms with E-state index in [-0.39, 0.29) is 10.6 Å². The molecule has 2 aromatic carbocycles. The Morgan fingerprint density at radius 2 is 1.89 bits per heavy atom. The molecule has 0 N–H and O–H groups in total. The Labute approximate surface area is 119 Å². The zero-order valence-corrected chi connectivity index (χ0v) is 12.3.